The fraction of sp³-hybridized carbons (Fsp3) is 0.273. The molecular formula is C22H21FN4O3. The van der Waals surface area contributed by atoms with Crippen LogP contribution in [0.5, 0.6) is 0 Å². The Balaban J connectivity index is 1.45. The number of piperidine rings is 1. The van der Waals surface area contributed by atoms with Crippen LogP contribution in [0.4, 0.5) is 10.1 Å². The summed E-state index contributed by atoms with van der Waals surface area (Å²) in [7, 11) is 0. The summed E-state index contributed by atoms with van der Waals surface area (Å²) in [5.41, 5.74) is 1.92. The molecule has 1 saturated heterocycles. The van der Waals surface area contributed by atoms with Crippen molar-refractivity contribution in [2.45, 2.75) is 25.7 Å². The summed E-state index contributed by atoms with van der Waals surface area (Å²) in [6, 6.07) is 12.7. The zero-order chi connectivity index (χ0) is 21.1. The van der Waals surface area contributed by atoms with E-state index < -0.39 is 0 Å². The quantitative estimate of drug-likeness (QED) is 0.708. The summed E-state index contributed by atoms with van der Waals surface area (Å²) in [6.45, 7) is 2.56. The van der Waals surface area contributed by atoms with Crippen LogP contribution in [0.1, 0.15) is 41.9 Å². The minimum atomic E-state index is -0.369. The molecule has 2 amide bonds. The Labute approximate surface area is 172 Å². The van der Waals surface area contributed by atoms with Gasteiger partial charge in [0, 0.05) is 36.8 Å². The van der Waals surface area contributed by atoms with Gasteiger partial charge in [0.2, 0.25) is 17.6 Å². The number of halogens is 1. The van der Waals surface area contributed by atoms with Gasteiger partial charge < -0.3 is 14.7 Å². The van der Waals surface area contributed by atoms with Gasteiger partial charge in [0.05, 0.1) is 5.92 Å². The lowest BCUT2D eigenvalue weighted by Gasteiger charge is -2.31. The van der Waals surface area contributed by atoms with Crippen molar-refractivity contribution in [3.8, 4) is 11.4 Å². The molecule has 0 radical (unpaired) electrons. The lowest BCUT2D eigenvalue weighted by molar-refractivity contribution is -0.114. The summed E-state index contributed by atoms with van der Waals surface area (Å²) >= 11 is 0. The molecule has 8 heteroatoms. The van der Waals surface area contributed by atoms with Crippen molar-refractivity contribution in [3.63, 3.8) is 0 Å². The second kappa shape index (κ2) is 8.44. The van der Waals surface area contributed by atoms with Gasteiger partial charge in [-0.05, 0) is 61.4 Å². The third kappa shape index (κ3) is 4.37. The lowest BCUT2D eigenvalue weighted by atomic mass is 9.97. The fourth-order valence-corrected chi connectivity index (χ4v) is 3.56. The Morgan fingerprint density at radius 1 is 1.13 bits per heavy atom. The van der Waals surface area contributed by atoms with Crippen molar-refractivity contribution in [2.75, 3.05) is 18.4 Å². The average molecular weight is 408 g/mol. The highest BCUT2D eigenvalue weighted by Gasteiger charge is 2.29. The van der Waals surface area contributed by atoms with E-state index in [1.807, 2.05) is 12.1 Å². The average Bonchev–Trinajstić information content (AvgIpc) is 3.24. The van der Waals surface area contributed by atoms with Gasteiger partial charge in [-0.15, -0.1) is 0 Å². The van der Waals surface area contributed by atoms with Crippen LogP contribution >= 0.6 is 0 Å². The molecule has 2 aromatic carbocycles. The first-order chi connectivity index (χ1) is 14.5. The maximum atomic E-state index is 13.1. The van der Waals surface area contributed by atoms with Crippen molar-refractivity contribution in [2.24, 2.45) is 0 Å². The van der Waals surface area contributed by atoms with E-state index in [4.69, 9.17) is 4.52 Å². The van der Waals surface area contributed by atoms with Gasteiger partial charge in [-0.1, -0.05) is 5.16 Å². The van der Waals surface area contributed by atoms with Crippen LogP contribution in [0, 0.1) is 5.82 Å². The summed E-state index contributed by atoms with van der Waals surface area (Å²) in [6.07, 6.45) is 1.66. The summed E-state index contributed by atoms with van der Waals surface area (Å²) in [4.78, 5) is 30.1. The fourth-order valence-electron chi connectivity index (χ4n) is 3.56. The van der Waals surface area contributed by atoms with Gasteiger partial charge >= 0.3 is 0 Å². The van der Waals surface area contributed by atoms with Crippen molar-refractivity contribution in [1.82, 2.24) is 15.0 Å². The Morgan fingerprint density at radius 2 is 1.87 bits per heavy atom. The molecule has 1 atom stereocenters. The van der Waals surface area contributed by atoms with E-state index >= 15 is 0 Å². The standard InChI is InChI=1S/C22H21FN4O3/c1-14(28)24-19-10-6-15(7-11-19)20-25-21(30-26-20)17-3-2-12-27(13-17)22(29)16-4-8-18(23)9-5-16/h4-11,17H,2-3,12-13H2,1H3,(H,24,28). The second-order valence-electron chi connectivity index (χ2n) is 7.31. The largest absolute Gasteiger partial charge is 0.339 e. The molecule has 1 N–H and O–H groups in total. The van der Waals surface area contributed by atoms with Crippen LogP contribution in [0.15, 0.2) is 53.1 Å². The van der Waals surface area contributed by atoms with E-state index in [0.717, 1.165) is 18.4 Å². The van der Waals surface area contributed by atoms with Crippen molar-refractivity contribution >= 4 is 17.5 Å². The summed E-state index contributed by atoms with van der Waals surface area (Å²) in [5, 5.41) is 6.78. The number of hydrogen-bond donors (Lipinski definition) is 1. The minimum Gasteiger partial charge on any atom is -0.339 e. The molecule has 4 rings (SSSR count). The summed E-state index contributed by atoms with van der Waals surface area (Å²) < 4.78 is 18.6. The van der Waals surface area contributed by atoms with E-state index in [0.29, 0.717) is 36.1 Å². The van der Waals surface area contributed by atoms with Gasteiger partial charge in [0.15, 0.2) is 0 Å². The Hall–Kier alpha value is -3.55. The topological polar surface area (TPSA) is 88.3 Å². The number of benzene rings is 2. The highest BCUT2D eigenvalue weighted by Crippen LogP contribution is 2.28. The molecule has 0 aliphatic carbocycles. The van der Waals surface area contributed by atoms with E-state index in [1.165, 1.54) is 31.2 Å². The van der Waals surface area contributed by atoms with Crippen molar-refractivity contribution in [3.05, 3.63) is 65.8 Å². The molecule has 30 heavy (non-hydrogen) atoms. The number of nitrogens with zero attached hydrogens (tertiary/aromatic N) is 3. The molecule has 1 aliphatic rings. The van der Waals surface area contributed by atoms with Crippen LogP contribution in [0.2, 0.25) is 0 Å². The molecular weight excluding hydrogens is 387 g/mol. The molecule has 0 bridgehead atoms. The molecule has 7 nitrogen and oxygen atoms in total. The van der Waals surface area contributed by atoms with E-state index in [2.05, 4.69) is 15.5 Å². The highest BCUT2D eigenvalue weighted by molar-refractivity contribution is 5.94. The van der Waals surface area contributed by atoms with Crippen LogP contribution < -0.4 is 5.32 Å². The number of aromatic nitrogens is 2. The molecule has 3 aromatic rings. The smallest absolute Gasteiger partial charge is 0.253 e. The van der Waals surface area contributed by atoms with Crippen LogP contribution in [-0.2, 0) is 4.79 Å². The maximum Gasteiger partial charge on any atom is 0.253 e. The van der Waals surface area contributed by atoms with Crippen molar-refractivity contribution in [1.29, 1.82) is 0 Å². The lowest BCUT2D eigenvalue weighted by Crippen LogP contribution is -2.39. The minimum absolute atomic E-state index is 0.0527. The Bertz CT molecular complexity index is 1050. The summed E-state index contributed by atoms with van der Waals surface area (Å²) in [5.74, 6) is 0.262. The van der Waals surface area contributed by atoms with E-state index in [-0.39, 0.29) is 23.5 Å². The van der Waals surface area contributed by atoms with Gasteiger partial charge in [-0.2, -0.15) is 4.98 Å². The number of rotatable bonds is 4. The molecule has 1 unspecified atom stereocenters. The normalized spacial score (nSPS) is 16.3. The van der Waals surface area contributed by atoms with E-state index in [1.54, 1.807) is 17.0 Å². The third-order valence-electron chi connectivity index (χ3n) is 5.05. The molecule has 0 saturated carbocycles. The van der Waals surface area contributed by atoms with Crippen LogP contribution in [0.25, 0.3) is 11.4 Å². The molecule has 0 spiro atoms. The zero-order valence-electron chi connectivity index (χ0n) is 16.5. The number of anilines is 1. The number of carbonyl (C=O) groups excluding carboxylic acids is 2. The number of hydrogen-bond acceptors (Lipinski definition) is 5. The van der Waals surface area contributed by atoms with Gasteiger partial charge in [0.1, 0.15) is 5.82 Å². The number of likely N-dealkylation sites (tertiary alicyclic amines) is 1. The predicted octanol–water partition coefficient (Wildman–Crippen LogP) is 3.85. The molecule has 2 heterocycles. The SMILES string of the molecule is CC(=O)Nc1ccc(-c2noc(C3CCCN(C(=O)c4ccc(F)cc4)C3)n2)cc1. The van der Waals surface area contributed by atoms with Gasteiger partial charge in [-0.3, -0.25) is 9.59 Å². The molecule has 1 aliphatic heterocycles. The number of nitrogens with one attached hydrogen (secondary N) is 1. The van der Waals surface area contributed by atoms with E-state index in [9.17, 15) is 14.0 Å². The van der Waals surface area contributed by atoms with Crippen LogP contribution in [0.3, 0.4) is 0 Å². The van der Waals surface area contributed by atoms with Gasteiger partial charge in [0.25, 0.3) is 5.91 Å². The monoisotopic (exact) mass is 408 g/mol. The Kier molecular flexibility index (Phi) is 5.56. The number of amides is 2. The zero-order valence-corrected chi connectivity index (χ0v) is 16.5. The maximum absolute atomic E-state index is 13.1. The first kappa shape index (κ1) is 19.8. The second-order valence-corrected chi connectivity index (χ2v) is 7.31. The van der Waals surface area contributed by atoms with Gasteiger partial charge in [-0.25, -0.2) is 4.39 Å². The first-order valence-electron chi connectivity index (χ1n) is 9.76. The highest BCUT2D eigenvalue weighted by atomic mass is 19.1. The number of carbonyl (C=O) groups is 2. The first-order valence-corrected chi connectivity index (χ1v) is 9.76. The molecule has 1 fully saturated rings. The molecule has 154 valence electrons. The third-order valence-corrected chi connectivity index (χ3v) is 5.05. The predicted molar refractivity (Wildman–Crippen MR) is 108 cm³/mol. The van der Waals surface area contributed by atoms with Crippen molar-refractivity contribution < 1.29 is 18.5 Å². The molecule has 1 aromatic heterocycles. The van der Waals surface area contributed by atoms with Crippen LogP contribution in [-0.4, -0.2) is 39.9 Å². The Morgan fingerprint density at radius 3 is 2.57 bits per heavy atom.